The maximum atomic E-state index is 12.9. The zero-order chi connectivity index (χ0) is 19.3. The van der Waals surface area contributed by atoms with Crippen LogP contribution in [0.25, 0.3) is 22.3 Å². The SMILES string of the molecule is COCCn1c(SCc2nc(-c3ccccc3)no2)nc2ccccc2c1=O. The molecule has 0 aliphatic heterocycles. The van der Waals surface area contributed by atoms with Crippen molar-refractivity contribution >= 4 is 22.7 Å². The van der Waals surface area contributed by atoms with Crippen molar-refractivity contribution in [3.8, 4) is 11.4 Å². The van der Waals surface area contributed by atoms with Crippen molar-refractivity contribution in [2.24, 2.45) is 0 Å². The molecule has 0 atom stereocenters. The summed E-state index contributed by atoms with van der Waals surface area (Å²) in [4.78, 5) is 21.9. The van der Waals surface area contributed by atoms with Gasteiger partial charge < -0.3 is 9.26 Å². The number of nitrogens with zero attached hydrogens (tertiary/aromatic N) is 4. The normalized spacial score (nSPS) is 11.2. The Kier molecular flexibility index (Phi) is 5.50. The Morgan fingerprint density at radius 2 is 1.86 bits per heavy atom. The molecule has 0 aliphatic carbocycles. The van der Waals surface area contributed by atoms with E-state index < -0.39 is 0 Å². The van der Waals surface area contributed by atoms with E-state index in [-0.39, 0.29) is 5.56 Å². The Labute approximate surface area is 165 Å². The third-order valence-corrected chi connectivity index (χ3v) is 5.13. The molecule has 0 bridgehead atoms. The molecule has 2 aromatic carbocycles. The van der Waals surface area contributed by atoms with E-state index in [2.05, 4.69) is 15.1 Å². The molecule has 0 spiro atoms. The second-order valence-electron chi connectivity index (χ2n) is 6.03. The van der Waals surface area contributed by atoms with Crippen molar-refractivity contribution in [2.45, 2.75) is 17.5 Å². The van der Waals surface area contributed by atoms with E-state index >= 15 is 0 Å². The summed E-state index contributed by atoms with van der Waals surface area (Å²) < 4.78 is 12.1. The lowest BCUT2D eigenvalue weighted by molar-refractivity contribution is 0.183. The van der Waals surface area contributed by atoms with E-state index in [1.807, 2.05) is 48.5 Å². The van der Waals surface area contributed by atoms with Gasteiger partial charge in [0.2, 0.25) is 11.7 Å². The molecule has 7 nitrogen and oxygen atoms in total. The van der Waals surface area contributed by atoms with Crippen LogP contribution in [0.2, 0.25) is 0 Å². The van der Waals surface area contributed by atoms with E-state index in [1.54, 1.807) is 17.7 Å². The quantitative estimate of drug-likeness (QED) is 0.351. The molecule has 4 rings (SSSR count). The first-order valence-electron chi connectivity index (χ1n) is 8.75. The average Bonchev–Trinajstić information content (AvgIpc) is 3.21. The first-order chi connectivity index (χ1) is 13.8. The first-order valence-corrected chi connectivity index (χ1v) is 9.74. The number of fused-ring (bicyclic) bond motifs is 1. The number of hydrogen-bond donors (Lipinski definition) is 0. The molecule has 0 radical (unpaired) electrons. The highest BCUT2D eigenvalue weighted by molar-refractivity contribution is 7.98. The number of thioether (sulfide) groups is 1. The monoisotopic (exact) mass is 394 g/mol. The lowest BCUT2D eigenvalue weighted by atomic mass is 10.2. The van der Waals surface area contributed by atoms with Crippen molar-refractivity contribution in [1.82, 2.24) is 19.7 Å². The van der Waals surface area contributed by atoms with Crippen LogP contribution in [-0.4, -0.2) is 33.4 Å². The number of hydrogen-bond acceptors (Lipinski definition) is 7. The smallest absolute Gasteiger partial charge is 0.262 e. The van der Waals surface area contributed by atoms with Crippen molar-refractivity contribution in [3.05, 3.63) is 70.8 Å². The minimum absolute atomic E-state index is 0.0827. The minimum Gasteiger partial charge on any atom is -0.383 e. The van der Waals surface area contributed by atoms with Gasteiger partial charge in [0.05, 0.1) is 29.8 Å². The van der Waals surface area contributed by atoms with E-state index in [9.17, 15) is 4.79 Å². The van der Waals surface area contributed by atoms with Crippen molar-refractivity contribution in [2.75, 3.05) is 13.7 Å². The summed E-state index contributed by atoms with van der Waals surface area (Å²) in [6.45, 7) is 0.848. The minimum atomic E-state index is -0.0827. The molecular formula is C20H18N4O3S. The van der Waals surface area contributed by atoms with Gasteiger partial charge in [-0.1, -0.05) is 59.4 Å². The highest BCUT2D eigenvalue weighted by Gasteiger charge is 2.14. The lowest BCUT2D eigenvalue weighted by Gasteiger charge is -2.11. The predicted molar refractivity (Wildman–Crippen MR) is 107 cm³/mol. The lowest BCUT2D eigenvalue weighted by Crippen LogP contribution is -2.25. The Balaban J connectivity index is 1.60. The summed E-state index contributed by atoms with van der Waals surface area (Å²) in [7, 11) is 1.61. The molecule has 0 saturated carbocycles. The number of methoxy groups -OCH3 is 1. The molecule has 0 saturated heterocycles. The summed E-state index contributed by atoms with van der Waals surface area (Å²) in [5.41, 5.74) is 1.48. The predicted octanol–water partition coefficient (Wildman–Crippen LogP) is 3.39. The number of aromatic nitrogens is 4. The van der Waals surface area contributed by atoms with Gasteiger partial charge in [0.1, 0.15) is 0 Å². The molecular weight excluding hydrogens is 376 g/mol. The summed E-state index contributed by atoms with van der Waals surface area (Å²) in [6, 6.07) is 17.0. The van der Waals surface area contributed by atoms with Crippen LogP contribution in [0.1, 0.15) is 5.89 Å². The Bertz CT molecular complexity index is 1140. The fourth-order valence-corrected chi connectivity index (χ4v) is 3.64. The molecule has 0 fully saturated rings. The highest BCUT2D eigenvalue weighted by Crippen LogP contribution is 2.23. The van der Waals surface area contributed by atoms with Gasteiger partial charge in [-0.3, -0.25) is 9.36 Å². The highest BCUT2D eigenvalue weighted by atomic mass is 32.2. The second kappa shape index (κ2) is 8.37. The molecule has 2 aromatic heterocycles. The van der Waals surface area contributed by atoms with E-state index in [0.717, 1.165) is 5.56 Å². The second-order valence-corrected chi connectivity index (χ2v) is 6.97. The van der Waals surface area contributed by atoms with Crippen molar-refractivity contribution in [3.63, 3.8) is 0 Å². The van der Waals surface area contributed by atoms with Gasteiger partial charge in [-0.25, -0.2) is 4.98 Å². The summed E-state index contributed by atoms with van der Waals surface area (Å²) in [6.07, 6.45) is 0. The van der Waals surface area contributed by atoms with E-state index in [1.165, 1.54) is 11.8 Å². The zero-order valence-electron chi connectivity index (χ0n) is 15.2. The van der Waals surface area contributed by atoms with Crippen molar-refractivity contribution < 1.29 is 9.26 Å². The Hall–Kier alpha value is -2.97. The number of rotatable bonds is 7. The summed E-state index contributed by atoms with van der Waals surface area (Å²) in [5, 5.41) is 5.22. The van der Waals surface area contributed by atoms with E-state index in [0.29, 0.717) is 46.7 Å². The number of benzene rings is 2. The third kappa shape index (κ3) is 3.83. The van der Waals surface area contributed by atoms with Gasteiger partial charge in [-0.05, 0) is 12.1 Å². The molecule has 4 aromatic rings. The fraction of sp³-hybridized carbons (Fsp3) is 0.200. The van der Waals surface area contributed by atoms with Crippen LogP contribution in [0.5, 0.6) is 0 Å². The third-order valence-electron chi connectivity index (χ3n) is 4.17. The maximum Gasteiger partial charge on any atom is 0.262 e. The van der Waals surface area contributed by atoms with Gasteiger partial charge in [0.15, 0.2) is 5.16 Å². The average molecular weight is 394 g/mol. The fourth-order valence-electron chi connectivity index (χ4n) is 2.78. The molecule has 142 valence electrons. The van der Waals surface area contributed by atoms with Crippen LogP contribution < -0.4 is 5.56 Å². The molecule has 28 heavy (non-hydrogen) atoms. The van der Waals surface area contributed by atoms with Gasteiger partial charge in [0, 0.05) is 12.7 Å². The zero-order valence-corrected chi connectivity index (χ0v) is 16.1. The van der Waals surface area contributed by atoms with E-state index in [4.69, 9.17) is 9.26 Å². The van der Waals surface area contributed by atoms with Crippen LogP contribution in [0.4, 0.5) is 0 Å². The number of ether oxygens (including phenoxy) is 1. The summed E-state index contributed by atoms with van der Waals surface area (Å²) in [5.74, 6) is 1.43. The standard InChI is InChI=1S/C20H18N4O3S/c1-26-12-11-24-19(25)15-9-5-6-10-16(15)21-20(24)28-13-17-22-18(23-27-17)14-7-3-2-4-8-14/h2-10H,11-13H2,1H3. The van der Waals surface area contributed by atoms with Gasteiger partial charge in [0.25, 0.3) is 5.56 Å². The van der Waals surface area contributed by atoms with Crippen LogP contribution in [0.15, 0.2) is 69.1 Å². The molecule has 0 aliphatic rings. The van der Waals surface area contributed by atoms with Crippen LogP contribution >= 0.6 is 11.8 Å². The van der Waals surface area contributed by atoms with Gasteiger partial charge >= 0.3 is 0 Å². The molecule has 0 amide bonds. The topological polar surface area (TPSA) is 83.0 Å². The van der Waals surface area contributed by atoms with Crippen LogP contribution in [0, 0.1) is 0 Å². The molecule has 0 unspecified atom stereocenters. The summed E-state index contributed by atoms with van der Waals surface area (Å²) >= 11 is 1.39. The molecule has 8 heteroatoms. The van der Waals surface area contributed by atoms with Crippen LogP contribution in [0.3, 0.4) is 0 Å². The Morgan fingerprint density at radius 3 is 2.68 bits per heavy atom. The molecule has 2 heterocycles. The van der Waals surface area contributed by atoms with Crippen molar-refractivity contribution in [1.29, 1.82) is 0 Å². The van der Waals surface area contributed by atoms with Crippen LogP contribution in [-0.2, 0) is 17.0 Å². The van der Waals surface area contributed by atoms with Gasteiger partial charge in [-0.2, -0.15) is 4.98 Å². The maximum absolute atomic E-state index is 12.9. The Morgan fingerprint density at radius 1 is 1.07 bits per heavy atom. The molecule has 0 N–H and O–H groups in total. The first kappa shape index (κ1) is 18.4. The number of para-hydroxylation sites is 1. The van der Waals surface area contributed by atoms with Gasteiger partial charge in [-0.15, -0.1) is 0 Å². The largest absolute Gasteiger partial charge is 0.383 e.